The van der Waals surface area contributed by atoms with Gasteiger partial charge in [0.25, 0.3) is 0 Å². The molecule has 1 atom stereocenters. The van der Waals surface area contributed by atoms with E-state index in [4.69, 9.17) is 9.52 Å². The molecule has 0 spiro atoms. The lowest BCUT2D eigenvalue weighted by Crippen LogP contribution is -2.15. The van der Waals surface area contributed by atoms with Crippen LogP contribution in [-0.2, 0) is 0 Å². The van der Waals surface area contributed by atoms with Gasteiger partial charge < -0.3 is 9.52 Å². The maximum absolute atomic E-state index is 10.8. The van der Waals surface area contributed by atoms with Crippen molar-refractivity contribution in [3.05, 3.63) is 17.3 Å². The van der Waals surface area contributed by atoms with Crippen LogP contribution in [-0.4, -0.2) is 16.1 Å². The Labute approximate surface area is 89.3 Å². The highest BCUT2D eigenvalue weighted by molar-refractivity contribution is 5.85. The summed E-state index contributed by atoms with van der Waals surface area (Å²) in [5.74, 6) is -0.532. The number of aryl methyl sites for hydroxylation is 1. The van der Waals surface area contributed by atoms with E-state index in [2.05, 4.69) is 25.8 Å². The van der Waals surface area contributed by atoms with E-state index in [1.54, 1.807) is 6.92 Å². The average molecular weight is 211 g/mol. The Morgan fingerprint density at radius 2 is 2.00 bits per heavy atom. The van der Waals surface area contributed by atoms with E-state index in [9.17, 15) is 4.79 Å². The van der Waals surface area contributed by atoms with E-state index in [0.717, 1.165) is 0 Å². The number of carboxylic acids is 1. The van der Waals surface area contributed by atoms with Crippen molar-refractivity contribution in [3.63, 3.8) is 0 Å². The Bertz CT molecular complexity index is 374. The topological polar surface area (TPSA) is 63.3 Å². The number of carboxylic acid groups (broad SMARTS) is 1. The smallest absolute Gasteiger partial charge is 0.373 e. The molecule has 0 saturated heterocycles. The zero-order valence-electron chi connectivity index (χ0n) is 9.79. The second-order valence-electron chi connectivity index (χ2n) is 4.86. The van der Waals surface area contributed by atoms with Crippen molar-refractivity contribution in [2.75, 3.05) is 0 Å². The SMILES string of the molecule is Cc1nc(C(C)C(C)(C)C)oc1C(=O)O. The van der Waals surface area contributed by atoms with Gasteiger partial charge in [-0.25, -0.2) is 9.78 Å². The first-order valence-corrected chi connectivity index (χ1v) is 4.94. The van der Waals surface area contributed by atoms with Crippen LogP contribution >= 0.6 is 0 Å². The minimum Gasteiger partial charge on any atom is -0.475 e. The number of hydrogen-bond donors (Lipinski definition) is 1. The van der Waals surface area contributed by atoms with Gasteiger partial charge in [0.05, 0.1) is 5.69 Å². The number of aromatic nitrogens is 1. The van der Waals surface area contributed by atoms with Crippen LogP contribution in [0.5, 0.6) is 0 Å². The highest BCUT2D eigenvalue weighted by atomic mass is 16.4. The molecule has 0 aromatic carbocycles. The second-order valence-corrected chi connectivity index (χ2v) is 4.86. The van der Waals surface area contributed by atoms with Crippen LogP contribution in [0.4, 0.5) is 0 Å². The molecule has 0 fully saturated rings. The van der Waals surface area contributed by atoms with Crippen LogP contribution in [0.15, 0.2) is 4.42 Å². The van der Waals surface area contributed by atoms with Crippen LogP contribution in [0.25, 0.3) is 0 Å². The third kappa shape index (κ3) is 2.37. The number of oxazole rings is 1. The van der Waals surface area contributed by atoms with Crippen LogP contribution in [0.2, 0.25) is 0 Å². The van der Waals surface area contributed by atoms with Gasteiger partial charge in [0, 0.05) is 5.92 Å². The van der Waals surface area contributed by atoms with Crippen molar-refractivity contribution in [2.24, 2.45) is 5.41 Å². The summed E-state index contributed by atoms with van der Waals surface area (Å²) in [5, 5.41) is 8.83. The molecule has 0 bridgehead atoms. The molecule has 1 heterocycles. The zero-order chi connectivity index (χ0) is 11.8. The predicted molar refractivity (Wildman–Crippen MR) is 56.1 cm³/mol. The van der Waals surface area contributed by atoms with Gasteiger partial charge in [-0.1, -0.05) is 27.7 Å². The fourth-order valence-electron chi connectivity index (χ4n) is 1.17. The molecule has 1 unspecified atom stereocenters. The lowest BCUT2D eigenvalue weighted by molar-refractivity contribution is 0.0657. The van der Waals surface area contributed by atoms with Gasteiger partial charge in [-0.2, -0.15) is 0 Å². The molecule has 0 radical (unpaired) electrons. The highest BCUT2D eigenvalue weighted by Gasteiger charge is 2.28. The van der Waals surface area contributed by atoms with E-state index in [1.165, 1.54) is 0 Å². The van der Waals surface area contributed by atoms with Crippen molar-refractivity contribution in [2.45, 2.75) is 40.5 Å². The molecule has 0 aliphatic heterocycles. The minimum absolute atomic E-state index is 0.00701. The van der Waals surface area contributed by atoms with Crippen LogP contribution < -0.4 is 0 Å². The van der Waals surface area contributed by atoms with E-state index < -0.39 is 5.97 Å². The molecule has 4 nitrogen and oxygen atoms in total. The van der Waals surface area contributed by atoms with Gasteiger partial charge in [-0.05, 0) is 12.3 Å². The maximum atomic E-state index is 10.8. The Hall–Kier alpha value is -1.32. The second kappa shape index (κ2) is 3.68. The summed E-state index contributed by atoms with van der Waals surface area (Å²) in [7, 11) is 0. The summed E-state index contributed by atoms with van der Waals surface area (Å²) in [5.41, 5.74) is 0.446. The van der Waals surface area contributed by atoms with Crippen molar-refractivity contribution in [1.82, 2.24) is 4.98 Å². The Morgan fingerprint density at radius 3 is 2.33 bits per heavy atom. The van der Waals surface area contributed by atoms with Crippen LogP contribution in [0.1, 0.15) is 55.8 Å². The van der Waals surface area contributed by atoms with Gasteiger partial charge >= 0.3 is 5.97 Å². The number of rotatable bonds is 2. The average Bonchev–Trinajstić information content (AvgIpc) is 2.44. The van der Waals surface area contributed by atoms with Gasteiger partial charge in [0.15, 0.2) is 5.89 Å². The summed E-state index contributed by atoms with van der Waals surface area (Å²) in [6, 6.07) is 0. The number of aromatic carboxylic acids is 1. The summed E-state index contributed by atoms with van der Waals surface area (Å²) in [6.07, 6.45) is 0. The molecule has 1 aromatic rings. The predicted octanol–water partition coefficient (Wildman–Crippen LogP) is 2.83. The van der Waals surface area contributed by atoms with Crippen LogP contribution in [0.3, 0.4) is 0 Å². The molecule has 4 heteroatoms. The van der Waals surface area contributed by atoms with Crippen molar-refractivity contribution in [1.29, 1.82) is 0 Å². The highest BCUT2D eigenvalue weighted by Crippen LogP contribution is 2.34. The van der Waals surface area contributed by atoms with Crippen molar-refractivity contribution >= 4 is 5.97 Å². The molecule has 0 aliphatic rings. The quantitative estimate of drug-likeness (QED) is 0.817. The molecular weight excluding hydrogens is 194 g/mol. The van der Waals surface area contributed by atoms with Gasteiger partial charge in [-0.3, -0.25) is 0 Å². The lowest BCUT2D eigenvalue weighted by Gasteiger charge is -2.24. The van der Waals surface area contributed by atoms with Crippen molar-refractivity contribution < 1.29 is 14.3 Å². The molecular formula is C11H17NO3. The molecule has 0 aliphatic carbocycles. The first-order chi connectivity index (χ1) is 6.73. The normalized spacial score (nSPS) is 13.9. The largest absolute Gasteiger partial charge is 0.475 e. The third-order valence-electron chi connectivity index (χ3n) is 2.68. The fourth-order valence-corrected chi connectivity index (χ4v) is 1.17. The van der Waals surface area contributed by atoms with Gasteiger partial charge in [-0.15, -0.1) is 0 Å². The first-order valence-electron chi connectivity index (χ1n) is 4.94. The fraction of sp³-hybridized carbons (Fsp3) is 0.636. The van der Waals surface area contributed by atoms with E-state index in [0.29, 0.717) is 11.6 Å². The standard InChI is InChI=1S/C11H17NO3/c1-6(11(3,4)5)9-12-7(2)8(15-9)10(13)14/h6H,1-5H3,(H,13,14). The van der Waals surface area contributed by atoms with E-state index >= 15 is 0 Å². The van der Waals surface area contributed by atoms with E-state index in [-0.39, 0.29) is 17.1 Å². The molecule has 0 saturated carbocycles. The molecule has 15 heavy (non-hydrogen) atoms. The lowest BCUT2D eigenvalue weighted by atomic mass is 9.82. The number of hydrogen-bond acceptors (Lipinski definition) is 3. The molecule has 1 rings (SSSR count). The first kappa shape index (κ1) is 11.8. The molecule has 0 amide bonds. The summed E-state index contributed by atoms with van der Waals surface area (Å²) in [6.45, 7) is 9.83. The van der Waals surface area contributed by atoms with Crippen molar-refractivity contribution in [3.8, 4) is 0 Å². The van der Waals surface area contributed by atoms with Gasteiger partial charge in [0.1, 0.15) is 0 Å². The Kier molecular flexibility index (Phi) is 2.88. The maximum Gasteiger partial charge on any atom is 0.373 e. The van der Waals surface area contributed by atoms with Gasteiger partial charge in [0.2, 0.25) is 5.76 Å². The van der Waals surface area contributed by atoms with E-state index in [1.807, 2.05) is 6.92 Å². The number of nitrogens with zero attached hydrogens (tertiary/aromatic N) is 1. The summed E-state index contributed by atoms with van der Waals surface area (Å²) < 4.78 is 5.25. The summed E-state index contributed by atoms with van der Waals surface area (Å²) in [4.78, 5) is 14.9. The summed E-state index contributed by atoms with van der Waals surface area (Å²) >= 11 is 0. The minimum atomic E-state index is -1.06. The van der Waals surface area contributed by atoms with Crippen LogP contribution in [0, 0.1) is 12.3 Å². The molecule has 84 valence electrons. The third-order valence-corrected chi connectivity index (χ3v) is 2.68. The Balaban J connectivity index is 3.08. The monoisotopic (exact) mass is 211 g/mol. The molecule has 1 N–H and O–H groups in total. The molecule has 1 aromatic heterocycles. The zero-order valence-corrected chi connectivity index (χ0v) is 9.79. The Morgan fingerprint density at radius 1 is 1.47 bits per heavy atom. The number of carbonyl (C=O) groups is 1.